The van der Waals surface area contributed by atoms with E-state index < -0.39 is 5.97 Å². The normalized spacial score (nSPS) is 10.0. The second-order valence-electron chi connectivity index (χ2n) is 4.74. The molecule has 2 rings (SSSR count). The number of anilines is 1. The molecule has 0 aliphatic carbocycles. The van der Waals surface area contributed by atoms with Crippen LogP contribution in [0.25, 0.3) is 0 Å². The molecular formula is C17H17NO3. The highest BCUT2D eigenvalue weighted by Crippen LogP contribution is 2.22. The van der Waals surface area contributed by atoms with Crippen molar-refractivity contribution in [1.29, 1.82) is 0 Å². The summed E-state index contributed by atoms with van der Waals surface area (Å²) in [6.07, 6.45) is 0. The molecule has 0 radical (unpaired) electrons. The van der Waals surface area contributed by atoms with E-state index in [0.29, 0.717) is 16.8 Å². The van der Waals surface area contributed by atoms with E-state index in [0.717, 1.165) is 5.56 Å². The van der Waals surface area contributed by atoms with Gasteiger partial charge in [-0.25, -0.2) is 4.79 Å². The highest BCUT2D eigenvalue weighted by molar-refractivity contribution is 6.09. The summed E-state index contributed by atoms with van der Waals surface area (Å²) in [4.78, 5) is 25.7. The minimum absolute atomic E-state index is 0.175. The lowest BCUT2D eigenvalue weighted by atomic mass is 10.1. The molecule has 2 aromatic rings. The van der Waals surface area contributed by atoms with Crippen molar-refractivity contribution in [1.82, 2.24) is 0 Å². The fraction of sp³-hybridized carbons (Fsp3) is 0.176. The lowest BCUT2D eigenvalue weighted by Gasteiger charge is -2.20. The number of carbonyl (C=O) groups is 2. The first-order valence-electron chi connectivity index (χ1n) is 6.56. The number of benzene rings is 2. The first kappa shape index (κ1) is 14.8. The van der Waals surface area contributed by atoms with Gasteiger partial charge in [0, 0.05) is 12.6 Å². The summed E-state index contributed by atoms with van der Waals surface area (Å²) in [6.45, 7) is 1.96. The minimum atomic E-state index is -0.464. The Morgan fingerprint density at radius 3 is 2.24 bits per heavy atom. The van der Waals surface area contributed by atoms with Crippen LogP contribution in [-0.2, 0) is 4.74 Å². The number of amides is 1. The van der Waals surface area contributed by atoms with E-state index in [1.54, 1.807) is 43.4 Å². The molecular weight excluding hydrogens is 266 g/mol. The van der Waals surface area contributed by atoms with E-state index in [1.165, 1.54) is 12.0 Å². The molecule has 0 atom stereocenters. The Bertz CT molecular complexity index is 662. The predicted molar refractivity (Wildman–Crippen MR) is 81.7 cm³/mol. The Labute approximate surface area is 124 Å². The number of ether oxygens (including phenoxy) is 1. The van der Waals surface area contributed by atoms with Gasteiger partial charge in [0.2, 0.25) is 0 Å². The number of hydrogen-bond acceptors (Lipinski definition) is 3. The van der Waals surface area contributed by atoms with Crippen LogP contribution in [0.5, 0.6) is 0 Å². The highest BCUT2D eigenvalue weighted by atomic mass is 16.5. The third-order valence-corrected chi connectivity index (χ3v) is 3.27. The quantitative estimate of drug-likeness (QED) is 0.813. The average Bonchev–Trinajstić information content (AvgIpc) is 2.53. The molecule has 0 saturated carbocycles. The van der Waals surface area contributed by atoms with Gasteiger partial charge in [-0.2, -0.15) is 0 Å². The van der Waals surface area contributed by atoms with Crippen LogP contribution in [0.15, 0.2) is 48.5 Å². The Hall–Kier alpha value is -2.62. The third kappa shape index (κ3) is 3.11. The summed E-state index contributed by atoms with van der Waals surface area (Å²) in [5.74, 6) is -0.638. The summed E-state index contributed by atoms with van der Waals surface area (Å²) in [5.41, 5.74) is 2.55. The number of aryl methyl sites for hydroxylation is 1. The standard InChI is InChI=1S/C17H17NO3/c1-12-8-10-13(11-9-12)16(19)18(2)15-7-5-4-6-14(15)17(20)21-3/h4-11H,1-3H3. The number of esters is 1. The average molecular weight is 283 g/mol. The summed E-state index contributed by atoms with van der Waals surface area (Å²) in [6, 6.07) is 14.2. The monoisotopic (exact) mass is 283 g/mol. The van der Waals surface area contributed by atoms with Crippen molar-refractivity contribution in [2.75, 3.05) is 19.1 Å². The summed E-state index contributed by atoms with van der Waals surface area (Å²) in [7, 11) is 2.96. The first-order chi connectivity index (χ1) is 10.0. The molecule has 0 fully saturated rings. The van der Waals surface area contributed by atoms with Crippen molar-refractivity contribution in [2.45, 2.75) is 6.92 Å². The van der Waals surface area contributed by atoms with Gasteiger partial charge < -0.3 is 9.64 Å². The van der Waals surface area contributed by atoms with Crippen LogP contribution < -0.4 is 4.90 Å². The summed E-state index contributed by atoms with van der Waals surface area (Å²) < 4.78 is 4.75. The number of hydrogen-bond donors (Lipinski definition) is 0. The van der Waals surface area contributed by atoms with Crippen LogP contribution in [-0.4, -0.2) is 26.0 Å². The molecule has 0 saturated heterocycles. The first-order valence-corrected chi connectivity index (χ1v) is 6.56. The predicted octanol–water partition coefficient (Wildman–Crippen LogP) is 3.06. The van der Waals surface area contributed by atoms with E-state index in [-0.39, 0.29) is 5.91 Å². The van der Waals surface area contributed by atoms with Crippen molar-refractivity contribution in [3.63, 3.8) is 0 Å². The fourth-order valence-corrected chi connectivity index (χ4v) is 2.05. The summed E-state index contributed by atoms with van der Waals surface area (Å²) >= 11 is 0. The summed E-state index contributed by atoms with van der Waals surface area (Å²) in [5, 5.41) is 0. The van der Waals surface area contributed by atoms with Crippen LogP contribution in [0.4, 0.5) is 5.69 Å². The van der Waals surface area contributed by atoms with E-state index in [1.807, 2.05) is 19.1 Å². The topological polar surface area (TPSA) is 46.6 Å². The molecule has 0 heterocycles. The number of para-hydroxylation sites is 1. The Morgan fingerprint density at radius 2 is 1.62 bits per heavy atom. The van der Waals surface area contributed by atoms with Crippen molar-refractivity contribution in [2.24, 2.45) is 0 Å². The van der Waals surface area contributed by atoms with Gasteiger partial charge in [0.15, 0.2) is 0 Å². The van der Waals surface area contributed by atoms with E-state index in [4.69, 9.17) is 4.74 Å². The lowest BCUT2D eigenvalue weighted by Crippen LogP contribution is -2.28. The minimum Gasteiger partial charge on any atom is -0.465 e. The number of rotatable bonds is 3. The SMILES string of the molecule is COC(=O)c1ccccc1N(C)C(=O)c1ccc(C)cc1. The second-order valence-corrected chi connectivity index (χ2v) is 4.74. The van der Waals surface area contributed by atoms with Crippen molar-refractivity contribution >= 4 is 17.6 Å². The number of carbonyl (C=O) groups excluding carboxylic acids is 2. The Balaban J connectivity index is 2.36. The van der Waals surface area contributed by atoms with Crippen molar-refractivity contribution in [3.8, 4) is 0 Å². The van der Waals surface area contributed by atoms with Gasteiger partial charge in [-0.1, -0.05) is 29.8 Å². The molecule has 0 spiro atoms. The van der Waals surface area contributed by atoms with Gasteiger partial charge in [0.1, 0.15) is 0 Å². The maximum absolute atomic E-state index is 12.5. The Morgan fingerprint density at radius 1 is 1.00 bits per heavy atom. The van der Waals surface area contributed by atoms with Gasteiger partial charge in [0.05, 0.1) is 18.4 Å². The zero-order valence-electron chi connectivity index (χ0n) is 12.3. The highest BCUT2D eigenvalue weighted by Gasteiger charge is 2.19. The van der Waals surface area contributed by atoms with Gasteiger partial charge >= 0.3 is 5.97 Å². The molecule has 0 N–H and O–H groups in total. The Kier molecular flexibility index (Phi) is 4.38. The smallest absolute Gasteiger partial charge is 0.339 e. The van der Waals surface area contributed by atoms with E-state index in [2.05, 4.69) is 0 Å². The van der Waals surface area contributed by atoms with Gasteiger partial charge in [-0.15, -0.1) is 0 Å². The van der Waals surface area contributed by atoms with Gasteiger partial charge in [-0.05, 0) is 31.2 Å². The molecule has 21 heavy (non-hydrogen) atoms. The molecule has 4 nitrogen and oxygen atoms in total. The van der Waals surface area contributed by atoms with Crippen LogP contribution in [0, 0.1) is 6.92 Å². The fourth-order valence-electron chi connectivity index (χ4n) is 2.05. The van der Waals surface area contributed by atoms with Crippen LogP contribution >= 0.6 is 0 Å². The molecule has 108 valence electrons. The zero-order valence-corrected chi connectivity index (χ0v) is 12.3. The molecule has 2 aromatic carbocycles. The van der Waals surface area contributed by atoms with Crippen LogP contribution in [0.2, 0.25) is 0 Å². The number of methoxy groups -OCH3 is 1. The zero-order chi connectivity index (χ0) is 15.4. The third-order valence-electron chi connectivity index (χ3n) is 3.27. The lowest BCUT2D eigenvalue weighted by molar-refractivity contribution is 0.0601. The molecule has 0 bridgehead atoms. The van der Waals surface area contributed by atoms with Gasteiger partial charge in [-0.3, -0.25) is 4.79 Å². The molecule has 4 heteroatoms. The molecule has 1 amide bonds. The van der Waals surface area contributed by atoms with Crippen LogP contribution in [0.3, 0.4) is 0 Å². The van der Waals surface area contributed by atoms with E-state index in [9.17, 15) is 9.59 Å². The largest absolute Gasteiger partial charge is 0.465 e. The molecule has 0 aliphatic rings. The van der Waals surface area contributed by atoms with Crippen molar-refractivity contribution < 1.29 is 14.3 Å². The van der Waals surface area contributed by atoms with Crippen molar-refractivity contribution in [3.05, 3.63) is 65.2 Å². The molecule has 0 aliphatic heterocycles. The van der Waals surface area contributed by atoms with Crippen LogP contribution in [0.1, 0.15) is 26.3 Å². The maximum Gasteiger partial charge on any atom is 0.339 e. The second kappa shape index (κ2) is 6.22. The molecule has 0 aromatic heterocycles. The van der Waals surface area contributed by atoms with E-state index >= 15 is 0 Å². The molecule has 0 unspecified atom stereocenters. The number of nitrogens with zero attached hydrogens (tertiary/aromatic N) is 1. The van der Waals surface area contributed by atoms with Gasteiger partial charge in [0.25, 0.3) is 5.91 Å². The maximum atomic E-state index is 12.5.